The van der Waals surface area contributed by atoms with Gasteiger partial charge in [-0.3, -0.25) is 9.58 Å². The van der Waals surface area contributed by atoms with Crippen molar-refractivity contribution in [3.63, 3.8) is 0 Å². The van der Waals surface area contributed by atoms with E-state index in [-0.39, 0.29) is 30.2 Å². The van der Waals surface area contributed by atoms with Gasteiger partial charge in [0.2, 0.25) is 0 Å². The summed E-state index contributed by atoms with van der Waals surface area (Å²) in [6.45, 7) is 6.04. The summed E-state index contributed by atoms with van der Waals surface area (Å²) in [5.74, 6) is 0. The highest BCUT2D eigenvalue weighted by Gasteiger charge is 2.40. The minimum Gasteiger partial charge on any atom is -0.311 e. The zero-order valence-electron chi connectivity index (χ0n) is 19.3. The molecule has 1 saturated heterocycles. The van der Waals surface area contributed by atoms with Crippen LogP contribution in [0, 0.1) is 0 Å². The van der Waals surface area contributed by atoms with Gasteiger partial charge in [-0.1, -0.05) is 36.4 Å². The molecule has 5 heterocycles. The fourth-order valence-corrected chi connectivity index (χ4v) is 5.44. The van der Waals surface area contributed by atoms with Crippen molar-refractivity contribution < 1.29 is 0 Å². The number of aryl methyl sites for hydroxylation is 1. The molecule has 0 bridgehead atoms. The number of pyridine rings is 1. The first-order chi connectivity index (χ1) is 15.8. The van der Waals surface area contributed by atoms with Crippen LogP contribution in [-0.2, 0) is 25.0 Å². The number of halogens is 2. The number of hydrogen-bond acceptors (Lipinski definition) is 4. The lowest BCUT2D eigenvalue weighted by molar-refractivity contribution is 0.168. The SMILES string of the molecule is Cl.Cl.c1ccc(C2(c3cn4ccccc4n3)CCN(Cc3cc4n(n3)CCCNC4)CC2)cc1. The lowest BCUT2D eigenvalue weighted by Crippen LogP contribution is -2.43. The van der Waals surface area contributed by atoms with E-state index in [1.807, 2.05) is 0 Å². The zero-order chi connectivity index (χ0) is 21.4. The predicted octanol–water partition coefficient (Wildman–Crippen LogP) is 4.45. The van der Waals surface area contributed by atoms with Crippen molar-refractivity contribution in [2.24, 2.45) is 0 Å². The van der Waals surface area contributed by atoms with Gasteiger partial charge in [0.15, 0.2) is 0 Å². The Morgan fingerprint density at radius 2 is 1.74 bits per heavy atom. The highest BCUT2D eigenvalue weighted by molar-refractivity contribution is 5.85. The van der Waals surface area contributed by atoms with Crippen LogP contribution >= 0.6 is 24.8 Å². The van der Waals surface area contributed by atoms with Gasteiger partial charge in [0.1, 0.15) is 5.65 Å². The standard InChI is InChI=1S/C26H30N6.2ClH/c1-2-7-21(8-3-1)26(24-20-31-13-5-4-9-25(31)28-24)10-15-30(16-11-26)19-22-17-23-18-27-12-6-14-32(23)29-22;;/h1-5,7-9,13,17,20,27H,6,10-12,14-16,18-19H2;2*1H. The van der Waals surface area contributed by atoms with Crippen molar-refractivity contribution in [1.29, 1.82) is 0 Å². The zero-order valence-corrected chi connectivity index (χ0v) is 20.9. The fraction of sp³-hybridized carbons (Fsp3) is 0.385. The Morgan fingerprint density at radius 1 is 0.941 bits per heavy atom. The molecule has 6 nitrogen and oxygen atoms in total. The van der Waals surface area contributed by atoms with Gasteiger partial charge in [-0.25, -0.2) is 4.98 Å². The summed E-state index contributed by atoms with van der Waals surface area (Å²) in [7, 11) is 0. The summed E-state index contributed by atoms with van der Waals surface area (Å²) in [6, 6.07) is 19.5. The topological polar surface area (TPSA) is 50.4 Å². The molecular formula is C26H32Cl2N6. The van der Waals surface area contributed by atoms with E-state index in [0.29, 0.717) is 0 Å². The maximum Gasteiger partial charge on any atom is 0.137 e. The number of nitrogens with zero attached hydrogens (tertiary/aromatic N) is 5. The predicted molar refractivity (Wildman–Crippen MR) is 140 cm³/mol. The van der Waals surface area contributed by atoms with Crippen LogP contribution in [0.25, 0.3) is 5.65 Å². The van der Waals surface area contributed by atoms with Crippen LogP contribution in [0.15, 0.2) is 67.0 Å². The molecule has 3 aromatic heterocycles. The lowest BCUT2D eigenvalue weighted by Gasteiger charge is -2.41. The second-order valence-corrected chi connectivity index (χ2v) is 9.20. The Balaban J connectivity index is 0.00000137. The summed E-state index contributed by atoms with van der Waals surface area (Å²) < 4.78 is 4.35. The molecule has 1 fully saturated rings. The van der Waals surface area contributed by atoms with E-state index in [1.54, 1.807) is 0 Å². The number of likely N-dealkylation sites (tertiary alicyclic amines) is 1. The summed E-state index contributed by atoms with van der Waals surface area (Å²) in [5.41, 5.74) is 6.06. The van der Waals surface area contributed by atoms with Gasteiger partial charge in [0.05, 0.1) is 17.1 Å². The molecule has 0 radical (unpaired) electrons. The van der Waals surface area contributed by atoms with Gasteiger partial charge >= 0.3 is 0 Å². The monoisotopic (exact) mass is 498 g/mol. The molecule has 4 aromatic rings. The van der Waals surface area contributed by atoms with Gasteiger partial charge in [0.25, 0.3) is 0 Å². The van der Waals surface area contributed by atoms with Crippen molar-refractivity contribution in [2.45, 2.75) is 44.3 Å². The molecule has 2 aliphatic heterocycles. The van der Waals surface area contributed by atoms with E-state index >= 15 is 0 Å². The van der Waals surface area contributed by atoms with Gasteiger partial charge in [-0.2, -0.15) is 5.10 Å². The Kier molecular flexibility index (Phi) is 7.63. The fourth-order valence-electron chi connectivity index (χ4n) is 5.44. The second kappa shape index (κ2) is 10.5. The summed E-state index contributed by atoms with van der Waals surface area (Å²) in [6.07, 6.45) is 7.61. The number of nitrogens with one attached hydrogen (secondary N) is 1. The summed E-state index contributed by atoms with van der Waals surface area (Å²) in [5, 5.41) is 8.40. The summed E-state index contributed by atoms with van der Waals surface area (Å²) >= 11 is 0. The van der Waals surface area contributed by atoms with E-state index in [4.69, 9.17) is 10.1 Å². The molecule has 1 N–H and O–H groups in total. The number of benzene rings is 1. The molecule has 2 aliphatic rings. The van der Waals surface area contributed by atoms with E-state index in [1.165, 1.54) is 22.6 Å². The minimum atomic E-state index is -0.0426. The highest BCUT2D eigenvalue weighted by atomic mass is 35.5. The number of imidazole rings is 1. The first kappa shape index (κ1) is 24.7. The number of hydrogen-bond donors (Lipinski definition) is 1. The van der Waals surface area contributed by atoms with Crippen molar-refractivity contribution in [3.05, 3.63) is 89.6 Å². The Bertz CT molecular complexity index is 1150. The van der Waals surface area contributed by atoms with Gasteiger partial charge in [-0.15, -0.1) is 24.8 Å². The molecule has 6 rings (SSSR count). The van der Waals surface area contributed by atoms with Crippen LogP contribution in [0.2, 0.25) is 0 Å². The van der Waals surface area contributed by atoms with Crippen molar-refractivity contribution in [2.75, 3.05) is 19.6 Å². The van der Waals surface area contributed by atoms with Crippen LogP contribution in [0.4, 0.5) is 0 Å². The number of aromatic nitrogens is 4. The van der Waals surface area contributed by atoms with Crippen molar-refractivity contribution in [1.82, 2.24) is 29.4 Å². The molecule has 0 amide bonds. The second-order valence-electron chi connectivity index (χ2n) is 9.20. The third kappa shape index (κ3) is 4.60. The first-order valence-corrected chi connectivity index (χ1v) is 11.8. The maximum atomic E-state index is 5.07. The molecule has 0 atom stereocenters. The van der Waals surface area contributed by atoms with E-state index in [2.05, 4.69) is 86.3 Å². The van der Waals surface area contributed by atoms with E-state index in [0.717, 1.165) is 64.2 Å². The largest absolute Gasteiger partial charge is 0.311 e. The Hall–Kier alpha value is -2.38. The quantitative estimate of drug-likeness (QED) is 0.451. The van der Waals surface area contributed by atoms with Crippen molar-refractivity contribution in [3.8, 4) is 0 Å². The van der Waals surface area contributed by atoms with Gasteiger partial charge in [-0.05, 0) is 62.7 Å². The van der Waals surface area contributed by atoms with E-state index in [9.17, 15) is 0 Å². The van der Waals surface area contributed by atoms with E-state index < -0.39 is 0 Å². The first-order valence-electron chi connectivity index (χ1n) is 11.8. The van der Waals surface area contributed by atoms with Crippen LogP contribution in [0.1, 0.15) is 41.9 Å². The lowest BCUT2D eigenvalue weighted by atomic mass is 9.70. The van der Waals surface area contributed by atoms with Crippen LogP contribution in [0.3, 0.4) is 0 Å². The number of piperidine rings is 1. The molecule has 180 valence electrons. The van der Waals surface area contributed by atoms with Crippen molar-refractivity contribution >= 4 is 30.5 Å². The van der Waals surface area contributed by atoms with Gasteiger partial charge in [0, 0.05) is 37.4 Å². The molecule has 1 aromatic carbocycles. The third-order valence-corrected chi connectivity index (χ3v) is 7.22. The minimum absolute atomic E-state index is 0. The molecule has 0 aliphatic carbocycles. The normalized spacial score (nSPS) is 17.9. The number of rotatable bonds is 4. The van der Waals surface area contributed by atoms with Gasteiger partial charge < -0.3 is 9.72 Å². The molecular weight excluding hydrogens is 467 g/mol. The average Bonchev–Trinajstić information content (AvgIpc) is 3.38. The highest BCUT2D eigenvalue weighted by Crippen LogP contribution is 2.41. The smallest absolute Gasteiger partial charge is 0.137 e. The van der Waals surface area contributed by atoms with Crippen LogP contribution in [0.5, 0.6) is 0 Å². The molecule has 8 heteroatoms. The third-order valence-electron chi connectivity index (χ3n) is 7.22. The summed E-state index contributed by atoms with van der Waals surface area (Å²) in [4.78, 5) is 7.63. The number of fused-ring (bicyclic) bond motifs is 2. The molecule has 0 unspecified atom stereocenters. The van der Waals surface area contributed by atoms with Crippen LogP contribution in [-0.4, -0.2) is 43.7 Å². The maximum absolute atomic E-state index is 5.07. The molecule has 0 saturated carbocycles. The Morgan fingerprint density at radius 3 is 2.53 bits per heavy atom. The molecule has 34 heavy (non-hydrogen) atoms. The molecule has 0 spiro atoms. The average molecular weight is 499 g/mol. The Labute approximate surface area is 213 Å². The van der Waals surface area contributed by atoms with Crippen LogP contribution < -0.4 is 5.32 Å².